The molecule has 0 bridgehead atoms. The summed E-state index contributed by atoms with van der Waals surface area (Å²) in [4.78, 5) is 32.3. The molecule has 0 aliphatic carbocycles. The van der Waals surface area contributed by atoms with Crippen molar-refractivity contribution in [1.82, 2.24) is 4.68 Å². The molecule has 3 heterocycles. The maximum absolute atomic E-state index is 13.5. The largest absolute Gasteiger partial charge is 0.482 e. The second-order valence-electron chi connectivity index (χ2n) is 8.67. The number of ether oxygens (including phenoxy) is 1. The molecule has 8 nitrogen and oxygen atoms in total. The molecule has 178 valence electrons. The van der Waals surface area contributed by atoms with Gasteiger partial charge in [-0.05, 0) is 30.2 Å². The summed E-state index contributed by atoms with van der Waals surface area (Å²) in [5.74, 6) is 0.586. The molecule has 2 aromatic carbocycles. The SMILES string of the molecule is C=CCN=c1scc(-c2ccc3c(c2)NC(=O)CO3)n1N=C1C(=O)N(CC(C)C)c2ccccc21. The van der Waals surface area contributed by atoms with E-state index in [1.807, 2.05) is 47.8 Å². The Morgan fingerprint density at radius 1 is 1.23 bits per heavy atom. The van der Waals surface area contributed by atoms with Gasteiger partial charge < -0.3 is 15.0 Å². The Morgan fingerprint density at radius 3 is 2.86 bits per heavy atom. The van der Waals surface area contributed by atoms with E-state index in [1.165, 1.54) is 11.3 Å². The number of benzene rings is 2. The normalized spacial score (nSPS) is 16.4. The van der Waals surface area contributed by atoms with Gasteiger partial charge in [-0.25, -0.2) is 4.68 Å². The van der Waals surface area contributed by atoms with E-state index in [0.29, 0.717) is 41.0 Å². The van der Waals surface area contributed by atoms with Crippen LogP contribution in [0.5, 0.6) is 5.75 Å². The molecule has 2 amide bonds. The number of fused-ring (bicyclic) bond motifs is 2. The van der Waals surface area contributed by atoms with Gasteiger partial charge in [0.05, 0.1) is 23.6 Å². The zero-order valence-electron chi connectivity index (χ0n) is 19.5. The number of anilines is 2. The summed E-state index contributed by atoms with van der Waals surface area (Å²) in [7, 11) is 0. The molecule has 0 unspecified atom stereocenters. The fraction of sp³-hybridized carbons (Fsp3) is 0.231. The monoisotopic (exact) mass is 487 g/mol. The van der Waals surface area contributed by atoms with E-state index in [4.69, 9.17) is 9.84 Å². The highest BCUT2D eigenvalue weighted by Gasteiger charge is 2.34. The van der Waals surface area contributed by atoms with Gasteiger partial charge in [-0.1, -0.05) is 38.1 Å². The number of thiazole rings is 1. The number of nitrogens with one attached hydrogen (secondary N) is 1. The van der Waals surface area contributed by atoms with Crippen LogP contribution in [0.4, 0.5) is 11.4 Å². The molecule has 1 N–H and O–H groups in total. The van der Waals surface area contributed by atoms with Gasteiger partial charge in [0.15, 0.2) is 12.3 Å². The zero-order valence-corrected chi connectivity index (χ0v) is 20.3. The van der Waals surface area contributed by atoms with Gasteiger partial charge in [0.2, 0.25) is 4.80 Å². The van der Waals surface area contributed by atoms with Crippen LogP contribution in [-0.4, -0.2) is 41.9 Å². The first-order valence-electron chi connectivity index (χ1n) is 11.4. The highest BCUT2D eigenvalue weighted by Crippen LogP contribution is 2.34. The third-order valence-electron chi connectivity index (χ3n) is 5.59. The molecule has 0 fully saturated rings. The van der Waals surface area contributed by atoms with Crippen LogP contribution in [0.1, 0.15) is 19.4 Å². The van der Waals surface area contributed by atoms with Gasteiger partial charge in [0, 0.05) is 23.1 Å². The fourth-order valence-electron chi connectivity index (χ4n) is 4.09. The maximum Gasteiger partial charge on any atom is 0.279 e. The highest BCUT2D eigenvalue weighted by molar-refractivity contribution is 7.07. The van der Waals surface area contributed by atoms with Crippen LogP contribution >= 0.6 is 11.3 Å². The lowest BCUT2D eigenvalue weighted by Crippen LogP contribution is -2.34. The van der Waals surface area contributed by atoms with Crippen LogP contribution in [0.3, 0.4) is 0 Å². The molecule has 2 aliphatic heterocycles. The van der Waals surface area contributed by atoms with E-state index in [9.17, 15) is 9.59 Å². The minimum absolute atomic E-state index is 0.00255. The summed E-state index contributed by atoms with van der Waals surface area (Å²) in [6.07, 6.45) is 1.71. The van der Waals surface area contributed by atoms with Crippen molar-refractivity contribution >= 4 is 40.2 Å². The van der Waals surface area contributed by atoms with Crippen molar-refractivity contribution in [3.63, 3.8) is 0 Å². The van der Waals surface area contributed by atoms with Crippen molar-refractivity contribution in [3.05, 3.63) is 70.9 Å². The van der Waals surface area contributed by atoms with E-state index in [2.05, 4.69) is 30.7 Å². The van der Waals surface area contributed by atoms with Crippen molar-refractivity contribution in [2.75, 3.05) is 29.9 Å². The van der Waals surface area contributed by atoms with E-state index in [0.717, 1.165) is 22.5 Å². The topological polar surface area (TPSA) is 88.3 Å². The standard InChI is InChI=1S/C26H25N5O3S/c1-4-11-27-26-31(21(15-35-26)17-9-10-22-19(12-17)28-23(32)14-34-22)29-24-18-7-5-6-8-20(18)30(25(24)33)13-16(2)3/h4-10,12,15-16H,1,11,13-14H2,2-3H3,(H,28,32). The fourth-order valence-corrected chi connectivity index (χ4v) is 4.93. The molecule has 9 heteroatoms. The van der Waals surface area contributed by atoms with Crippen molar-refractivity contribution in [2.45, 2.75) is 13.8 Å². The number of carbonyl (C=O) groups is 2. The second kappa shape index (κ2) is 9.34. The first-order valence-corrected chi connectivity index (χ1v) is 12.2. The Balaban J connectivity index is 1.66. The number of carbonyl (C=O) groups excluding carboxylic acids is 2. The Morgan fingerprint density at radius 2 is 2.06 bits per heavy atom. The lowest BCUT2D eigenvalue weighted by atomic mass is 10.1. The summed E-state index contributed by atoms with van der Waals surface area (Å²) in [5, 5.41) is 9.65. The average Bonchev–Trinajstić information content (AvgIpc) is 3.36. The predicted octanol–water partition coefficient (Wildman–Crippen LogP) is 3.89. The van der Waals surface area contributed by atoms with Crippen LogP contribution < -0.4 is 19.8 Å². The van der Waals surface area contributed by atoms with Crippen molar-refractivity contribution < 1.29 is 14.3 Å². The molecular formula is C26H25N5O3S. The number of hydrogen-bond acceptors (Lipinski definition) is 6. The molecule has 0 saturated heterocycles. The molecule has 2 aliphatic rings. The van der Waals surface area contributed by atoms with E-state index in [1.54, 1.807) is 15.7 Å². The number of hydrogen-bond donors (Lipinski definition) is 1. The van der Waals surface area contributed by atoms with E-state index in [-0.39, 0.29) is 18.4 Å². The Bertz CT molecular complexity index is 1430. The van der Waals surface area contributed by atoms with Crippen LogP contribution in [0.15, 0.2) is 70.6 Å². The van der Waals surface area contributed by atoms with Crippen LogP contribution in [0.25, 0.3) is 11.3 Å². The van der Waals surface area contributed by atoms with Gasteiger partial charge >= 0.3 is 0 Å². The lowest BCUT2D eigenvalue weighted by molar-refractivity contribution is -0.118. The predicted molar refractivity (Wildman–Crippen MR) is 138 cm³/mol. The van der Waals surface area contributed by atoms with Gasteiger partial charge in [0.25, 0.3) is 11.8 Å². The molecule has 3 aromatic rings. The number of para-hydroxylation sites is 1. The number of aromatic nitrogens is 1. The Labute approximate surface area is 206 Å². The van der Waals surface area contributed by atoms with E-state index >= 15 is 0 Å². The highest BCUT2D eigenvalue weighted by atomic mass is 32.1. The zero-order chi connectivity index (χ0) is 24.5. The van der Waals surface area contributed by atoms with Crippen molar-refractivity contribution in [2.24, 2.45) is 16.0 Å². The van der Waals surface area contributed by atoms with Gasteiger partial charge in [0.1, 0.15) is 5.75 Å². The molecule has 0 radical (unpaired) electrons. The molecule has 1 aromatic heterocycles. The summed E-state index contributed by atoms with van der Waals surface area (Å²) < 4.78 is 7.19. The van der Waals surface area contributed by atoms with Crippen molar-refractivity contribution in [3.8, 4) is 17.0 Å². The van der Waals surface area contributed by atoms with Gasteiger partial charge in [-0.3, -0.25) is 14.6 Å². The van der Waals surface area contributed by atoms with Crippen LogP contribution in [0, 0.1) is 5.92 Å². The maximum atomic E-state index is 13.5. The Hall–Kier alpha value is -3.98. The van der Waals surface area contributed by atoms with Crippen molar-refractivity contribution in [1.29, 1.82) is 0 Å². The number of rotatable bonds is 6. The molecular weight excluding hydrogens is 462 g/mol. The number of nitrogens with zero attached hydrogens (tertiary/aromatic N) is 4. The summed E-state index contributed by atoms with van der Waals surface area (Å²) >= 11 is 1.42. The molecule has 0 atom stereocenters. The molecule has 0 saturated carbocycles. The molecule has 5 rings (SSSR count). The van der Waals surface area contributed by atoms with Gasteiger partial charge in [-0.15, -0.1) is 17.9 Å². The molecule has 0 spiro atoms. The lowest BCUT2D eigenvalue weighted by Gasteiger charge is -2.19. The first-order chi connectivity index (χ1) is 17.0. The van der Waals surface area contributed by atoms with E-state index < -0.39 is 0 Å². The second-order valence-corrected chi connectivity index (χ2v) is 9.50. The summed E-state index contributed by atoms with van der Waals surface area (Å²) in [6, 6.07) is 13.3. The smallest absolute Gasteiger partial charge is 0.279 e. The minimum Gasteiger partial charge on any atom is -0.482 e. The summed E-state index contributed by atoms with van der Waals surface area (Å²) in [6.45, 7) is 8.95. The summed E-state index contributed by atoms with van der Waals surface area (Å²) in [5.41, 5.74) is 4.19. The van der Waals surface area contributed by atoms with Crippen LogP contribution in [0.2, 0.25) is 0 Å². The van der Waals surface area contributed by atoms with Gasteiger partial charge in [-0.2, -0.15) is 5.10 Å². The average molecular weight is 488 g/mol. The minimum atomic E-state index is -0.201. The molecule has 35 heavy (non-hydrogen) atoms. The Kier molecular flexibility index (Phi) is 6.08. The first kappa shape index (κ1) is 22.8. The third kappa shape index (κ3) is 4.30. The van der Waals surface area contributed by atoms with Crippen LogP contribution in [-0.2, 0) is 9.59 Å². The number of amides is 2. The third-order valence-corrected chi connectivity index (χ3v) is 6.45. The quantitative estimate of drug-likeness (QED) is 0.535.